The topological polar surface area (TPSA) is 72.8 Å². The number of carbonyl (C=O) groups excluding carboxylic acids is 1. The molecule has 6 nitrogen and oxygen atoms in total. The molecule has 0 radical (unpaired) electrons. The van der Waals surface area contributed by atoms with Crippen LogP contribution in [0.25, 0.3) is 11.3 Å². The molecule has 1 amide bonds. The quantitative estimate of drug-likeness (QED) is 0.406. The number of H-pyrrole nitrogens is 1. The number of aromatic amines is 1. The Kier molecular flexibility index (Phi) is 7.15. The average molecular weight is 520 g/mol. The van der Waals surface area contributed by atoms with Gasteiger partial charge in [0.1, 0.15) is 5.82 Å². The molecule has 0 unspecified atom stereocenters. The van der Waals surface area contributed by atoms with Crippen molar-refractivity contribution in [3.05, 3.63) is 113 Å². The number of hydrogen-bond donors (Lipinski definition) is 2. The van der Waals surface area contributed by atoms with Crippen LogP contribution in [0.4, 0.5) is 10.1 Å². The van der Waals surface area contributed by atoms with Crippen LogP contribution < -0.4 is 5.32 Å². The van der Waals surface area contributed by atoms with Gasteiger partial charge in [-0.25, -0.2) is 4.39 Å². The van der Waals surface area contributed by atoms with Gasteiger partial charge in [0.2, 0.25) is 5.91 Å². The SMILES string of the molecule is O=C(CN1CCC(Cc2ccc(F)cc2)CC1)Nc1ccc(-c2ccc(C3=NC=CC3=C3C=CC=N3)[nH]2)cc1. The second kappa shape index (κ2) is 11.2. The number of piperidine rings is 1. The summed E-state index contributed by atoms with van der Waals surface area (Å²) >= 11 is 0. The summed E-state index contributed by atoms with van der Waals surface area (Å²) in [7, 11) is 0. The van der Waals surface area contributed by atoms with Gasteiger partial charge in [-0.3, -0.25) is 19.7 Å². The lowest BCUT2D eigenvalue weighted by atomic mass is 9.90. The van der Waals surface area contributed by atoms with Crippen molar-refractivity contribution >= 4 is 23.5 Å². The summed E-state index contributed by atoms with van der Waals surface area (Å²) in [6.45, 7) is 2.18. The first-order valence-electron chi connectivity index (χ1n) is 13.4. The zero-order valence-corrected chi connectivity index (χ0v) is 21.6. The zero-order chi connectivity index (χ0) is 26.6. The highest BCUT2D eigenvalue weighted by molar-refractivity contribution is 6.16. The van der Waals surface area contributed by atoms with Crippen LogP contribution in [-0.2, 0) is 11.2 Å². The number of rotatable bonds is 7. The molecule has 4 heterocycles. The van der Waals surface area contributed by atoms with Crippen LogP contribution in [0, 0.1) is 11.7 Å². The maximum absolute atomic E-state index is 13.1. The van der Waals surface area contributed by atoms with E-state index in [1.807, 2.05) is 66.8 Å². The summed E-state index contributed by atoms with van der Waals surface area (Å²) in [6, 6.07) is 18.7. The highest BCUT2D eigenvalue weighted by atomic mass is 19.1. The van der Waals surface area contributed by atoms with Crippen LogP contribution in [-0.4, -0.2) is 47.4 Å². The van der Waals surface area contributed by atoms with Crippen LogP contribution in [0.1, 0.15) is 24.1 Å². The molecular formula is C32H30FN5O. The van der Waals surface area contributed by atoms with Crippen molar-refractivity contribution in [3.63, 3.8) is 0 Å². The summed E-state index contributed by atoms with van der Waals surface area (Å²) in [6.07, 6.45) is 12.5. The number of carbonyl (C=O) groups is 1. The summed E-state index contributed by atoms with van der Waals surface area (Å²) in [4.78, 5) is 27.3. The number of anilines is 1. The first-order valence-corrected chi connectivity index (χ1v) is 13.4. The van der Waals surface area contributed by atoms with Gasteiger partial charge in [-0.15, -0.1) is 0 Å². The maximum Gasteiger partial charge on any atom is 0.238 e. The van der Waals surface area contributed by atoms with Gasteiger partial charge in [0.05, 0.1) is 23.6 Å². The highest BCUT2D eigenvalue weighted by Gasteiger charge is 2.21. The Hall–Kier alpha value is -4.36. The Balaban J connectivity index is 1.00. The van der Waals surface area contributed by atoms with Gasteiger partial charge >= 0.3 is 0 Å². The molecule has 0 spiro atoms. The van der Waals surface area contributed by atoms with Gasteiger partial charge in [0, 0.05) is 29.4 Å². The van der Waals surface area contributed by atoms with E-state index in [4.69, 9.17) is 0 Å². The van der Waals surface area contributed by atoms with Crippen molar-refractivity contribution in [2.24, 2.45) is 15.9 Å². The minimum absolute atomic E-state index is 0.00201. The molecule has 2 N–H and O–H groups in total. The van der Waals surface area contributed by atoms with Crippen molar-refractivity contribution in [2.45, 2.75) is 19.3 Å². The van der Waals surface area contributed by atoms with E-state index in [0.717, 1.165) is 72.0 Å². The van der Waals surface area contributed by atoms with E-state index in [-0.39, 0.29) is 11.7 Å². The van der Waals surface area contributed by atoms with Crippen molar-refractivity contribution < 1.29 is 9.18 Å². The third-order valence-electron chi connectivity index (χ3n) is 7.46. The Bertz CT molecular complexity index is 1490. The number of aliphatic imine (C=N–C) groups is 2. The van der Waals surface area contributed by atoms with E-state index in [0.29, 0.717) is 12.5 Å². The monoisotopic (exact) mass is 519 g/mol. The second-order valence-corrected chi connectivity index (χ2v) is 10.2. The smallest absolute Gasteiger partial charge is 0.238 e. The number of aromatic nitrogens is 1. The molecule has 1 aromatic heterocycles. The molecule has 39 heavy (non-hydrogen) atoms. The van der Waals surface area contributed by atoms with Crippen LogP contribution in [0.2, 0.25) is 0 Å². The molecule has 0 bridgehead atoms. The molecule has 1 fully saturated rings. The number of benzene rings is 2. The van der Waals surface area contributed by atoms with E-state index in [1.165, 1.54) is 17.7 Å². The molecule has 3 aromatic rings. The number of nitrogens with one attached hydrogen (secondary N) is 2. The standard InChI is InChI=1S/C32H30FN5O/c33-25-7-3-22(4-8-25)20-23-14-18-38(19-15-23)21-31(39)36-26-9-5-24(6-10-26)28-11-12-30(37-28)32-27(13-17-35-32)29-2-1-16-34-29/h1-13,16-17,23,37H,14-15,18-21H2,(H,36,39). The van der Waals surface area contributed by atoms with Gasteiger partial charge in [0.25, 0.3) is 0 Å². The number of hydrogen-bond acceptors (Lipinski definition) is 4. The van der Waals surface area contributed by atoms with Crippen LogP contribution in [0.5, 0.6) is 0 Å². The predicted octanol–water partition coefficient (Wildman–Crippen LogP) is 5.93. The van der Waals surface area contributed by atoms with Crippen molar-refractivity contribution in [1.82, 2.24) is 9.88 Å². The lowest BCUT2D eigenvalue weighted by molar-refractivity contribution is -0.117. The molecule has 6 rings (SSSR count). The molecule has 0 saturated carbocycles. The minimum atomic E-state index is -0.194. The Morgan fingerprint density at radius 2 is 1.74 bits per heavy atom. The van der Waals surface area contributed by atoms with E-state index >= 15 is 0 Å². The highest BCUT2D eigenvalue weighted by Crippen LogP contribution is 2.26. The number of nitrogens with zero attached hydrogens (tertiary/aromatic N) is 3. The Morgan fingerprint density at radius 3 is 2.49 bits per heavy atom. The molecule has 3 aliphatic heterocycles. The first kappa shape index (κ1) is 24.9. The third-order valence-corrected chi connectivity index (χ3v) is 7.46. The molecule has 0 aliphatic carbocycles. The van der Waals surface area contributed by atoms with Crippen molar-refractivity contribution in [3.8, 4) is 11.3 Å². The molecule has 3 aliphatic rings. The van der Waals surface area contributed by atoms with E-state index in [2.05, 4.69) is 25.2 Å². The number of halogens is 1. The summed E-state index contributed by atoms with van der Waals surface area (Å²) in [5.41, 5.74) is 7.70. The number of likely N-dealkylation sites (tertiary alicyclic amines) is 1. The van der Waals surface area contributed by atoms with Gasteiger partial charge in [-0.1, -0.05) is 24.3 Å². The van der Waals surface area contributed by atoms with Crippen LogP contribution >= 0.6 is 0 Å². The maximum atomic E-state index is 13.1. The van der Waals surface area contributed by atoms with Crippen molar-refractivity contribution in [2.75, 3.05) is 25.0 Å². The fraction of sp³-hybridized carbons (Fsp3) is 0.219. The summed E-state index contributed by atoms with van der Waals surface area (Å²) < 4.78 is 13.1. The Morgan fingerprint density at radius 1 is 0.974 bits per heavy atom. The molecule has 196 valence electrons. The molecule has 2 aromatic carbocycles. The lowest BCUT2D eigenvalue weighted by Gasteiger charge is -2.31. The molecular weight excluding hydrogens is 489 g/mol. The molecule has 0 atom stereocenters. The zero-order valence-electron chi connectivity index (χ0n) is 21.6. The fourth-order valence-corrected chi connectivity index (χ4v) is 5.36. The van der Waals surface area contributed by atoms with Crippen LogP contribution in [0.3, 0.4) is 0 Å². The summed E-state index contributed by atoms with van der Waals surface area (Å²) in [5, 5.41) is 3.03. The first-order chi connectivity index (χ1) is 19.1. The third kappa shape index (κ3) is 5.89. The predicted molar refractivity (Wildman–Crippen MR) is 154 cm³/mol. The molecule has 7 heteroatoms. The number of amides is 1. The molecule has 1 saturated heterocycles. The fourth-order valence-electron chi connectivity index (χ4n) is 5.36. The van der Waals surface area contributed by atoms with E-state index < -0.39 is 0 Å². The van der Waals surface area contributed by atoms with Crippen LogP contribution in [0.15, 0.2) is 106 Å². The second-order valence-electron chi connectivity index (χ2n) is 10.2. The largest absolute Gasteiger partial charge is 0.353 e. The Labute approximate surface area is 227 Å². The summed E-state index contributed by atoms with van der Waals surface area (Å²) in [5.74, 6) is 0.377. The lowest BCUT2D eigenvalue weighted by Crippen LogP contribution is -2.39. The van der Waals surface area contributed by atoms with Gasteiger partial charge in [-0.2, -0.15) is 0 Å². The van der Waals surface area contributed by atoms with Gasteiger partial charge in [0.15, 0.2) is 0 Å². The van der Waals surface area contributed by atoms with Gasteiger partial charge in [-0.05, 0) is 104 Å². The van der Waals surface area contributed by atoms with E-state index in [9.17, 15) is 9.18 Å². The normalized spacial score (nSPS) is 19.2. The minimum Gasteiger partial charge on any atom is -0.353 e. The average Bonchev–Trinajstić information content (AvgIpc) is 3.73. The number of allylic oxidation sites excluding steroid dienone is 4. The van der Waals surface area contributed by atoms with Gasteiger partial charge < -0.3 is 10.3 Å². The van der Waals surface area contributed by atoms with E-state index in [1.54, 1.807) is 12.4 Å². The van der Waals surface area contributed by atoms with Crippen molar-refractivity contribution in [1.29, 1.82) is 0 Å².